The number of hydrogen-bond acceptors (Lipinski definition) is 3. The molecule has 1 aliphatic rings. The summed E-state index contributed by atoms with van der Waals surface area (Å²) in [5, 5.41) is 3.28. The first-order valence-corrected chi connectivity index (χ1v) is 14.3. The van der Waals surface area contributed by atoms with Gasteiger partial charge < -0.3 is 15.0 Å². The number of benzene rings is 3. The second kappa shape index (κ2) is 13.6. The SMILES string of the molecule is Cc1ccc(OCC(=O)N(Cc2cccc(Br)c2)[C@@H](Cc2ccccc2)C(=O)NC2CCCCC2)c(C)c1. The largest absolute Gasteiger partial charge is 0.483 e. The molecular weight excluding hydrogens is 540 g/mol. The molecule has 1 saturated carbocycles. The van der Waals surface area contributed by atoms with E-state index >= 15 is 0 Å². The van der Waals surface area contributed by atoms with Crippen LogP contribution in [-0.2, 0) is 22.6 Å². The van der Waals surface area contributed by atoms with E-state index in [-0.39, 0.29) is 24.5 Å². The fraction of sp³-hybridized carbons (Fsp3) is 0.375. The van der Waals surface area contributed by atoms with Crippen LogP contribution in [0.4, 0.5) is 0 Å². The Balaban J connectivity index is 1.62. The molecule has 0 aromatic heterocycles. The fourth-order valence-corrected chi connectivity index (χ4v) is 5.56. The van der Waals surface area contributed by atoms with Gasteiger partial charge >= 0.3 is 0 Å². The molecule has 5 nitrogen and oxygen atoms in total. The molecule has 2 amide bonds. The lowest BCUT2D eigenvalue weighted by Gasteiger charge is -2.33. The number of carbonyl (C=O) groups is 2. The van der Waals surface area contributed by atoms with Crippen molar-refractivity contribution in [2.24, 2.45) is 0 Å². The third-order valence-corrected chi connectivity index (χ3v) is 7.64. The molecule has 0 spiro atoms. The predicted octanol–water partition coefficient (Wildman–Crippen LogP) is 6.53. The van der Waals surface area contributed by atoms with E-state index in [1.54, 1.807) is 4.90 Å². The van der Waals surface area contributed by atoms with Gasteiger partial charge in [0, 0.05) is 23.5 Å². The molecule has 0 bridgehead atoms. The lowest BCUT2D eigenvalue weighted by molar-refractivity contribution is -0.143. The van der Waals surface area contributed by atoms with Crippen LogP contribution >= 0.6 is 15.9 Å². The summed E-state index contributed by atoms with van der Waals surface area (Å²) in [6, 6.07) is 23.2. The average molecular weight is 578 g/mol. The quantitative estimate of drug-likeness (QED) is 0.298. The standard InChI is InChI=1S/C32H37BrN2O3/c1-23-16-17-30(24(2)18-23)38-22-31(36)35(21-26-12-9-13-27(33)19-26)29(20-25-10-5-3-6-11-25)32(37)34-28-14-7-4-8-15-28/h3,5-6,9-13,16-19,28-29H,4,7-8,14-15,20-22H2,1-2H3,(H,34,37)/t29-/m0/s1. The minimum atomic E-state index is -0.659. The molecule has 0 unspecified atom stereocenters. The van der Waals surface area contributed by atoms with Gasteiger partial charge in [0.2, 0.25) is 5.91 Å². The van der Waals surface area contributed by atoms with Crippen molar-refractivity contribution >= 4 is 27.7 Å². The van der Waals surface area contributed by atoms with Crippen LogP contribution in [0.5, 0.6) is 5.75 Å². The zero-order chi connectivity index (χ0) is 26.9. The van der Waals surface area contributed by atoms with Crippen LogP contribution < -0.4 is 10.1 Å². The predicted molar refractivity (Wildman–Crippen MR) is 155 cm³/mol. The number of nitrogens with zero attached hydrogens (tertiary/aromatic N) is 1. The zero-order valence-electron chi connectivity index (χ0n) is 22.3. The molecule has 6 heteroatoms. The molecule has 1 atom stereocenters. The number of ether oxygens (including phenoxy) is 1. The maximum Gasteiger partial charge on any atom is 0.261 e. The van der Waals surface area contributed by atoms with Crippen molar-refractivity contribution in [3.63, 3.8) is 0 Å². The molecule has 3 aromatic carbocycles. The molecule has 38 heavy (non-hydrogen) atoms. The van der Waals surface area contributed by atoms with Gasteiger partial charge in [-0.15, -0.1) is 0 Å². The second-order valence-electron chi connectivity index (χ2n) is 10.3. The number of nitrogens with one attached hydrogen (secondary N) is 1. The maximum absolute atomic E-state index is 13.8. The highest BCUT2D eigenvalue weighted by atomic mass is 79.9. The van der Waals surface area contributed by atoms with Crippen LogP contribution in [0.3, 0.4) is 0 Å². The van der Waals surface area contributed by atoms with E-state index in [2.05, 4.69) is 21.2 Å². The molecule has 4 rings (SSSR count). The van der Waals surface area contributed by atoms with E-state index in [9.17, 15) is 9.59 Å². The molecule has 1 aliphatic carbocycles. The van der Waals surface area contributed by atoms with Crippen molar-refractivity contribution in [3.05, 3.63) is 99.5 Å². The van der Waals surface area contributed by atoms with Gasteiger partial charge in [-0.3, -0.25) is 9.59 Å². The summed E-state index contributed by atoms with van der Waals surface area (Å²) in [5.74, 6) is 0.359. The number of aryl methyl sites for hydroxylation is 2. The molecule has 0 saturated heterocycles. The van der Waals surface area contributed by atoms with Gasteiger partial charge in [0.25, 0.3) is 5.91 Å². The highest BCUT2D eigenvalue weighted by Gasteiger charge is 2.32. The summed E-state index contributed by atoms with van der Waals surface area (Å²) in [7, 11) is 0. The average Bonchev–Trinajstić information content (AvgIpc) is 2.91. The highest BCUT2D eigenvalue weighted by Crippen LogP contribution is 2.22. The van der Waals surface area contributed by atoms with Gasteiger partial charge in [-0.2, -0.15) is 0 Å². The van der Waals surface area contributed by atoms with Crippen LogP contribution in [0, 0.1) is 13.8 Å². The Morgan fingerprint density at radius 2 is 1.68 bits per heavy atom. The molecule has 0 heterocycles. The van der Waals surface area contributed by atoms with Gasteiger partial charge in [-0.1, -0.05) is 95.4 Å². The minimum absolute atomic E-state index is 0.101. The van der Waals surface area contributed by atoms with E-state index in [0.717, 1.165) is 52.4 Å². The summed E-state index contributed by atoms with van der Waals surface area (Å²) in [6.07, 6.45) is 5.86. The van der Waals surface area contributed by atoms with Crippen molar-refractivity contribution in [1.82, 2.24) is 10.2 Å². The van der Waals surface area contributed by atoms with E-state index in [4.69, 9.17) is 4.74 Å². The van der Waals surface area contributed by atoms with Crippen LogP contribution in [0.2, 0.25) is 0 Å². The van der Waals surface area contributed by atoms with Crippen molar-refractivity contribution in [3.8, 4) is 5.75 Å². The van der Waals surface area contributed by atoms with Gasteiger partial charge in [0.05, 0.1) is 0 Å². The Morgan fingerprint density at radius 3 is 2.39 bits per heavy atom. The molecular formula is C32H37BrN2O3. The maximum atomic E-state index is 13.8. The number of halogens is 1. The molecule has 200 valence electrons. The van der Waals surface area contributed by atoms with Crippen LogP contribution in [0.1, 0.15) is 54.4 Å². The lowest BCUT2D eigenvalue weighted by atomic mass is 9.94. The van der Waals surface area contributed by atoms with E-state index in [1.165, 1.54) is 6.42 Å². The Labute approximate surface area is 234 Å². The summed E-state index contributed by atoms with van der Waals surface area (Å²) in [5.41, 5.74) is 4.08. The Morgan fingerprint density at radius 1 is 0.947 bits per heavy atom. The normalized spacial score (nSPS) is 14.5. The van der Waals surface area contributed by atoms with Crippen molar-refractivity contribution in [2.45, 2.75) is 71.0 Å². The van der Waals surface area contributed by atoms with Gasteiger partial charge in [-0.25, -0.2) is 0 Å². The lowest BCUT2D eigenvalue weighted by Crippen LogP contribution is -2.53. The molecule has 3 aromatic rings. The van der Waals surface area contributed by atoms with E-state index in [0.29, 0.717) is 18.7 Å². The first-order chi connectivity index (χ1) is 18.4. The van der Waals surface area contributed by atoms with Gasteiger partial charge in [-0.05, 0) is 61.6 Å². The van der Waals surface area contributed by atoms with Crippen molar-refractivity contribution < 1.29 is 14.3 Å². The van der Waals surface area contributed by atoms with Gasteiger partial charge in [0.1, 0.15) is 11.8 Å². The molecule has 1 N–H and O–H groups in total. The van der Waals surface area contributed by atoms with Crippen LogP contribution in [0.25, 0.3) is 0 Å². The van der Waals surface area contributed by atoms with Crippen molar-refractivity contribution in [1.29, 1.82) is 0 Å². The molecule has 0 radical (unpaired) electrons. The van der Waals surface area contributed by atoms with Crippen LogP contribution in [0.15, 0.2) is 77.3 Å². The number of rotatable bonds is 10. The molecule has 0 aliphatic heterocycles. The van der Waals surface area contributed by atoms with Crippen molar-refractivity contribution in [2.75, 3.05) is 6.61 Å². The van der Waals surface area contributed by atoms with E-state index < -0.39 is 6.04 Å². The summed E-state index contributed by atoms with van der Waals surface area (Å²) < 4.78 is 6.92. The number of amides is 2. The number of carbonyl (C=O) groups excluding carboxylic acids is 2. The van der Waals surface area contributed by atoms with Crippen LogP contribution in [-0.4, -0.2) is 35.4 Å². The first kappa shape index (κ1) is 27.9. The van der Waals surface area contributed by atoms with Gasteiger partial charge in [0.15, 0.2) is 6.61 Å². The highest BCUT2D eigenvalue weighted by molar-refractivity contribution is 9.10. The third kappa shape index (κ3) is 7.94. The zero-order valence-corrected chi connectivity index (χ0v) is 23.9. The Hall–Kier alpha value is -3.12. The smallest absolute Gasteiger partial charge is 0.261 e. The minimum Gasteiger partial charge on any atom is -0.483 e. The fourth-order valence-electron chi connectivity index (χ4n) is 5.11. The topological polar surface area (TPSA) is 58.6 Å². The summed E-state index contributed by atoms with van der Waals surface area (Å²) in [4.78, 5) is 29.3. The summed E-state index contributed by atoms with van der Waals surface area (Å²) in [6.45, 7) is 4.17. The number of hydrogen-bond donors (Lipinski definition) is 1. The Bertz CT molecular complexity index is 1220. The summed E-state index contributed by atoms with van der Waals surface area (Å²) >= 11 is 3.54. The first-order valence-electron chi connectivity index (χ1n) is 13.5. The monoisotopic (exact) mass is 576 g/mol. The van der Waals surface area contributed by atoms with E-state index in [1.807, 2.05) is 86.6 Å². The molecule has 1 fully saturated rings. The second-order valence-corrected chi connectivity index (χ2v) is 11.2. The Kier molecular flexibility index (Phi) is 9.99. The third-order valence-electron chi connectivity index (χ3n) is 7.15.